The number of hydrogen-bond acceptors (Lipinski definition) is 8. The summed E-state index contributed by atoms with van der Waals surface area (Å²) in [5, 5.41) is 0. The van der Waals surface area contributed by atoms with E-state index in [1.807, 2.05) is 6.07 Å². The Balaban J connectivity index is 1.36. The van der Waals surface area contributed by atoms with Crippen molar-refractivity contribution in [3.05, 3.63) is 55.2 Å². The van der Waals surface area contributed by atoms with Crippen molar-refractivity contribution in [1.82, 2.24) is 0 Å². The first-order valence-corrected chi connectivity index (χ1v) is 13.8. The predicted molar refractivity (Wildman–Crippen MR) is 131 cm³/mol. The average molecular weight is 710 g/mol. The summed E-state index contributed by atoms with van der Waals surface area (Å²) in [4.78, 5) is 38.2. The van der Waals surface area contributed by atoms with Crippen molar-refractivity contribution in [3.63, 3.8) is 0 Å². The fraction of sp³-hybridized carbons (Fsp3) is 0.318. The zero-order chi connectivity index (χ0) is 24.4. The lowest BCUT2D eigenvalue weighted by atomic mass is 9.78. The molecular formula is C22H16I2O9S. The van der Waals surface area contributed by atoms with Crippen LogP contribution < -0.4 is 4.74 Å². The molecule has 3 fully saturated rings. The number of esters is 3. The van der Waals surface area contributed by atoms with E-state index in [0.717, 1.165) is 19.3 Å². The van der Waals surface area contributed by atoms with E-state index in [9.17, 15) is 22.8 Å². The highest BCUT2D eigenvalue weighted by Crippen LogP contribution is 2.59. The van der Waals surface area contributed by atoms with Gasteiger partial charge in [-0.3, -0.25) is 14.1 Å². The van der Waals surface area contributed by atoms with E-state index >= 15 is 0 Å². The summed E-state index contributed by atoms with van der Waals surface area (Å²) in [6.07, 6.45) is -0.870. The lowest BCUT2D eigenvalue weighted by Crippen LogP contribution is -2.44. The second kappa shape index (κ2) is 8.71. The molecule has 12 heteroatoms. The standard InChI is InChI=1S/C22H16I2O9S/c23-9-1-6-12(15(24)7-9)20(25)32-18-13-8-14-17(22(27)33-19(14)18)16(13)21(26)31-10-2-4-11(5-3-10)34(28,29)30/h1-7,13-14,16-19H,8H2,(H,28,29,30)/t13?,14?,16?,17-,18?,19?/m0/s1. The van der Waals surface area contributed by atoms with Gasteiger partial charge in [-0.25, -0.2) is 4.79 Å². The molecule has 0 aromatic heterocycles. The summed E-state index contributed by atoms with van der Waals surface area (Å²) in [7, 11) is -4.38. The highest BCUT2D eigenvalue weighted by molar-refractivity contribution is 14.1. The molecule has 2 aromatic rings. The number of hydrogen-bond donors (Lipinski definition) is 1. The SMILES string of the molecule is O=C(OC1C2CC3C1OC(=O)[C@@H]3C2C(=O)Oc1ccc(S(=O)(=O)O)cc1)c1ccc(I)cc1I. The van der Waals surface area contributed by atoms with Crippen LogP contribution in [0.3, 0.4) is 0 Å². The summed E-state index contributed by atoms with van der Waals surface area (Å²) in [6, 6.07) is 9.99. The minimum Gasteiger partial charge on any atom is -0.458 e. The molecule has 178 valence electrons. The van der Waals surface area contributed by atoms with Crippen molar-refractivity contribution in [2.45, 2.75) is 23.5 Å². The van der Waals surface area contributed by atoms with E-state index in [1.165, 1.54) is 12.1 Å². The molecule has 0 amide bonds. The number of rotatable bonds is 5. The molecule has 1 aliphatic heterocycles. The topological polar surface area (TPSA) is 133 Å². The Morgan fingerprint density at radius 3 is 2.41 bits per heavy atom. The third-order valence-electron chi connectivity index (χ3n) is 6.55. The van der Waals surface area contributed by atoms with Crippen LogP contribution in [0.2, 0.25) is 0 Å². The molecule has 2 bridgehead atoms. The number of carbonyl (C=O) groups is 3. The Bertz CT molecular complexity index is 1310. The van der Waals surface area contributed by atoms with Crippen LogP contribution >= 0.6 is 45.2 Å². The van der Waals surface area contributed by atoms with E-state index in [1.54, 1.807) is 12.1 Å². The molecule has 6 atom stereocenters. The molecule has 0 spiro atoms. The Hall–Kier alpha value is -1.78. The molecule has 3 aliphatic rings. The van der Waals surface area contributed by atoms with Gasteiger partial charge in [0.25, 0.3) is 10.1 Å². The third-order valence-corrected chi connectivity index (χ3v) is 8.98. The Kier molecular flexibility index (Phi) is 6.13. The van der Waals surface area contributed by atoms with Crippen molar-refractivity contribution in [1.29, 1.82) is 0 Å². The predicted octanol–water partition coefficient (Wildman–Crippen LogP) is 3.08. The van der Waals surface area contributed by atoms with Gasteiger partial charge in [0.05, 0.1) is 22.3 Å². The van der Waals surface area contributed by atoms with Crippen LogP contribution in [0.5, 0.6) is 5.75 Å². The largest absolute Gasteiger partial charge is 0.458 e. The molecular weight excluding hydrogens is 694 g/mol. The minimum absolute atomic E-state index is 0.0603. The van der Waals surface area contributed by atoms with Gasteiger partial charge in [-0.1, -0.05) is 0 Å². The highest BCUT2D eigenvalue weighted by Gasteiger charge is 2.70. The molecule has 2 aliphatic carbocycles. The second-order valence-electron chi connectivity index (χ2n) is 8.38. The van der Waals surface area contributed by atoms with Gasteiger partial charge in [-0.2, -0.15) is 8.42 Å². The van der Waals surface area contributed by atoms with Gasteiger partial charge in [-0.15, -0.1) is 0 Å². The second-order valence-corrected chi connectivity index (χ2v) is 12.2. The van der Waals surface area contributed by atoms with Gasteiger partial charge < -0.3 is 14.2 Å². The third kappa shape index (κ3) is 4.11. The summed E-state index contributed by atoms with van der Waals surface area (Å²) in [5.74, 6) is -3.90. The summed E-state index contributed by atoms with van der Waals surface area (Å²) in [6.45, 7) is 0. The molecule has 9 nitrogen and oxygen atoms in total. The van der Waals surface area contributed by atoms with Crippen LogP contribution in [0.25, 0.3) is 0 Å². The molecule has 1 heterocycles. The maximum atomic E-state index is 13.1. The van der Waals surface area contributed by atoms with Crippen LogP contribution in [0.4, 0.5) is 0 Å². The highest BCUT2D eigenvalue weighted by atomic mass is 127. The Morgan fingerprint density at radius 1 is 1.06 bits per heavy atom. The van der Waals surface area contributed by atoms with Crippen molar-refractivity contribution in [3.8, 4) is 5.75 Å². The molecule has 2 aromatic carbocycles. The monoisotopic (exact) mass is 710 g/mol. The van der Waals surface area contributed by atoms with Crippen LogP contribution in [-0.4, -0.2) is 43.1 Å². The fourth-order valence-corrected chi connectivity index (χ4v) is 7.48. The van der Waals surface area contributed by atoms with Crippen molar-refractivity contribution in [2.24, 2.45) is 23.7 Å². The first kappa shape index (κ1) is 23.9. The fourth-order valence-electron chi connectivity index (χ4n) is 5.17. The number of halogens is 2. The van der Waals surface area contributed by atoms with E-state index in [-0.39, 0.29) is 16.6 Å². The van der Waals surface area contributed by atoms with Gasteiger partial charge in [-0.05, 0) is 94.1 Å². The van der Waals surface area contributed by atoms with Gasteiger partial charge in [0, 0.05) is 19.0 Å². The zero-order valence-corrected chi connectivity index (χ0v) is 22.2. The van der Waals surface area contributed by atoms with E-state index < -0.39 is 58.0 Å². The van der Waals surface area contributed by atoms with Gasteiger partial charge in [0.1, 0.15) is 18.0 Å². The summed E-state index contributed by atoms with van der Waals surface area (Å²) in [5.41, 5.74) is 0.391. The van der Waals surface area contributed by atoms with E-state index in [4.69, 9.17) is 18.8 Å². The first-order valence-electron chi connectivity index (χ1n) is 10.2. The summed E-state index contributed by atoms with van der Waals surface area (Å²) >= 11 is 4.20. The normalized spacial score (nSPS) is 29.1. The molecule has 34 heavy (non-hydrogen) atoms. The average Bonchev–Trinajstić information content (AvgIpc) is 3.37. The first-order chi connectivity index (χ1) is 16.0. The maximum Gasteiger partial charge on any atom is 0.339 e. The molecule has 0 radical (unpaired) electrons. The van der Waals surface area contributed by atoms with Crippen LogP contribution in [0.15, 0.2) is 47.4 Å². The number of carbonyl (C=O) groups excluding carboxylic acids is 3. The molecule has 1 saturated heterocycles. The van der Waals surface area contributed by atoms with E-state index in [2.05, 4.69) is 45.2 Å². The van der Waals surface area contributed by atoms with Gasteiger partial charge in [0.2, 0.25) is 0 Å². The quantitative estimate of drug-likeness (QED) is 0.215. The number of fused-ring (bicyclic) bond motifs is 1. The Morgan fingerprint density at radius 2 is 1.76 bits per heavy atom. The Labute approximate surface area is 221 Å². The number of ether oxygens (including phenoxy) is 3. The van der Waals surface area contributed by atoms with Crippen LogP contribution in [0, 0.1) is 30.8 Å². The van der Waals surface area contributed by atoms with Crippen molar-refractivity contribution < 1.29 is 41.6 Å². The van der Waals surface area contributed by atoms with Crippen molar-refractivity contribution >= 4 is 73.2 Å². The number of benzene rings is 2. The minimum atomic E-state index is -4.38. The summed E-state index contributed by atoms with van der Waals surface area (Å²) < 4.78 is 49.9. The van der Waals surface area contributed by atoms with E-state index in [0.29, 0.717) is 12.0 Å². The van der Waals surface area contributed by atoms with Gasteiger partial charge >= 0.3 is 17.9 Å². The molecule has 5 unspecified atom stereocenters. The van der Waals surface area contributed by atoms with Crippen LogP contribution in [0.1, 0.15) is 16.8 Å². The molecule has 5 rings (SSSR count). The molecule has 1 N–H and O–H groups in total. The van der Waals surface area contributed by atoms with Crippen LogP contribution in [-0.2, 0) is 29.2 Å². The van der Waals surface area contributed by atoms with Crippen molar-refractivity contribution in [2.75, 3.05) is 0 Å². The molecule has 2 saturated carbocycles. The lowest BCUT2D eigenvalue weighted by molar-refractivity contribution is -0.149. The van der Waals surface area contributed by atoms with Gasteiger partial charge in [0.15, 0.2) is 0 Å². The lowest BCUT2D eigenvalue weighted by Gasteiger charge is -2.30. The zero-order valence-electron chi connectivity index (χ0n) is 17.1. The maximum absolute atomic E-state index is 13.1. The smallest absolute Gasteiger partial charge is 0.339 e.